The Labute approximate surface area is 111 Å². The van der Waals surface area contributed by atoms with Gasteiger partial charge in [-0.15, -0.1) is 0 Å². The monoisotopic (exact) mass is 268 g/mol. The second kappa shape index (κ2) is 6.47. The Bertz CT molecular complexity index is 504. The maximum atomic E-state index is 12.7. The topological polar surface area (TPSA) is 34.8 Å². The van der Waals surface area contributed by atoms with E-state index in [1.165, 1.54) is 12.4 Å². The smallest absolute Gasteiger partial charge is 0.319 e. The summed E-state index contributed by atoms with van der Waals surface area (Å²) in [7, 11) is 0. The SMILES string of the molecule is CCCNCc1ccn(Cc2nccn2C(F)F)c1. The molecule has 0 aliphatic carbocycles. The van der Waals surface area contributed by atoms with Gasteiger partial charge in [-0.1, -0.05) is 6.92 Å². The molecule has 4 nitrogen and oxygen atoms in total. The van der Waals surface area contributed by atoms with Crippen LogP contribution in [0, 0.1) is 0 Å². The second-order valence-electron chi connectivity index (χ2n) is 4.40. The normalized spacial score (nSPS) is 11.4. The van der Waals surface area contributed by atoms with Crippen molar-refractivity contribution in [2.24, 2.45) is 0 Å². The van der Waals surface area contributed by atoms with Crippen LogP contribution in [-0.4, -0.2) is 20.7 Å². The minimum absolute atomic E-state index is 0.352. The third kappa shape index (κ3) is 3.64. The molecule has 2 aromatic rings. The molecule has 19 heavy (non-hydrogen) atoms. The first kappa shape index (κ1) is 13.7. The molecule has 1 N–H and O–H groups in total. The van der Waals surface area contributed by atoms with Crippen LogP contribution in [-0.2, 0) is 13.1 Å². The molecule has 0 unspecified atom stereocenters. The zero-order chi connectivity index (χ0) is 13.7. The van der Waals surface area contributed by atoms with Crippen molar-refractivity contribution in [1.82, 2.24) is 19.4 Å². The molecule has 0 saturated heterocycles. The average molecular weight is 268 g/mol. The van der Waals surface area contributed by atoms with E-state index in [1.54, 1.807) is 0 Å². The summed E-state index contributed by atoms with van der Waals surface area (Å²) in [5.41, 5.74) is 1.14. The average Bonchev–Trinajstić information content (AvgIpc) is 2.99. The highest BCUT2D eigenvalue weighted by molar-refractivity contribution is 5.11. The standard InChI is InChI=1S/C13H18F2N4/c1-2-4-16-8-11-3-6-18(9-11)10-12-17-5-7-19(12)13(14)15/h3,5-7,9,13,16H,2,4,8,10H2,1H3. The summed E-state index contributed by atoms with van der Waals surface area (Å²) in [5, 5.41) is 3.30. The molecule has 2 rings (SSSR count). The highest BCUT2D eigenvalue weighted by Crippen LogP contribution is 2.13. The number of nitrogens with zero attached hydrogens (tertiary/aromatic N) is 3. The number of aromatic nitrogens is 3. The van der Waals surface area contributed by atoms with Gasteiger partial charge < -0.3 is 9.88 Å². The van der Waals surface area contributed by atoms with E-state index in [0.29, 0.717) is 12.4 Å². The van der Waals surface area contributed by atoms with E-state index in [-0.39, 0.29) is 0 Å². The molecule has 0 saturated carbocycles. The minimum atomic E-state index is -2.54. The molecule has 0 aliphatic heterocycles. The van der Waals surface area contributed by atoms with Crippen LogP contribution in [0.1, 0.15) is 31.3 Å². The summed E-state index contributed by atoms with van der Waals surface area (Å²) in [6.07, 6.45) is 7.62. The van der Waals surface area contributed by atoms with Gasteiger partial charge in [0.05, 0.1) is 6.54 Å². The van der Waals surface area contributed by atoms with Crippen molar-refractivity contribution in [3.63, 3.8) is 0 Å². The van der Waals surface area contributed by atoms with E-state index in [2.05, 4.69) is 17.2 Å². The molecule has 104 valence electrons. The first-order valence-corrected chi connectivity index (χ1v) is 6.36. The maximum absolute atomic E-state index is 12.7. The Morgan fingerprint density at radius 3 is 2.95 bits per heavy atom. The molecule has 0 bridgehead atoms. The number of alkyl halides is 2. The zero-order valence-electron chi connectivity index (χ0n) is 10.9. The fourth-order valence-corrected chi connectivity index (χ4v) is 1.91. The molecule has 0 radical (unpaired) electrons. The van der Waals surface area contributed by atoms with Crippen molar-refractivity contribution >= 4 is 0 Å². The number of hydrogen-bond acceptors (Lipinski definition) is 2. The summed E-state index contributed by atoms with van der Waals surface area (Å²) in [5.74, 6) is 0.360. The quantitative estimate of drug-likeness (QED) is 0.783. The van der Waals surface area contributed by atoms with Crippen LogP contribution in [0.2, 0.25) is 0 Å². The van der Waals surface area contributed by atoms with Crippen LogP contribution in [0.5, 0.6) is 0 Å². The van der Waals surface area contributed by atoms with Gasteiger partial charge in [-0.3, -0.25) is 4.57 Å². The predicted octanol–water partition coefficient (Wildman–Crippen LogP) is 2.63. The highest BCUT2D eigenvalue weighted by atomic mass is 19.3. The minimum Gasteiger partial charge on any atom is -0.346 e. The third-order valence-corrected chi connectivity index (χ3v) is 2.85. The number of hydrogen-bond donors (Lipinski definition) is 1. The molecule has 0 amide bonds. The lowest BCUT2D eigenvalue weighted by Crippen LogP contribution is -2.13. The Kier molecular flexibility index (Phi) is 4.68. The van der Waals surface area contributed by atoms with Crippen molar-refractivity contribution in [2.45, 2.75) is 33.0 Å². The Morgan fingerprint density at radius 2 is 2.21 bits per heavy atom. The van der Waals surface area contributed by atoms with Crippen LogP contribution in [0.4, 0.5) is 8.78 Å². The first-order valence-electron chi connectivity index (χ1n) is 6.36. The van der Waals surface area contributed by atoms with Crippen molar-refractivity contribution in [1.29, 1.82) is 0 Å². The molecule has 0 aromatic carbocycles. The van der Waals surface area contributed by atoms with Gasteiger partial charge in [-0.05, 0) is 24.6 Å². The van der Waals surface area contributed by atoms with E-state index >= 15 is 0 Å². The Hall–Kier alpha value is -1.69. The lowest BCUT2D eigenvalue weighted by atomic mass is 10.3. The maximum Gasteiger partial charge on any atom is 0.319 e. The number of nitrogens with one attached hydrogen (secondary N) is 1. The molecule has 6 heteroatoms. The molecule has 0 fully saturated rings. The lowest BCUT2D eigenvalue weighted by molar-refractivity contribution is 0.0667. The molecule has 2 aromatic heterocycles. The van der Waals surface area contributed by atoms with Crippen LogP contribution < -0.4 is 5.32 Å². The summed E-state index contributed by atoms with van der Waals surface area (Å²) in [6, 6.07) is 1.98. The van der Waals surface area contributed by atoms with Gasteiger partial charge in [0.15, 0.2) is 0 Å². The fourth-order valence-electron chi connectivity index (χ4n) is 1.91. The Morgan fingerprint density at radius 1 is 1.37 bits per heavy atom. The van der Waals surface area contributed by atoms with Gasteiger partial charge in [0, 0.05) is 31.3 Å². The number of halogens is 2. The van der Waals surface area contributed by atoms with Crippen LogP contribution >= 0.6 is 0 Å². The molecule has 0 aliphatic rings. The van der Waals surface area contributed by atoms with E-state index in [0.717, 1.165) is 29.6 Å². The molecule has 0 atom stereocenters. The van der Waals surface area contributed by atoms with Crippen molar-refractivity contribution in [3.8, 4) is 0 Å². The third-order valence-electron chi connectivity index (χ3n) is 2.85. The summed E-state index contributed by atoms with van der Waals surface area (Å²) >= 11 is 0. The van der Waals surface area contributed by atoms with Gasteiger partial charge >= 0.3 is 6.55 Å². The summed E-state index contributed by atoms with van der Waals surface area (Å²) in [6.45, 7) is 1.69. The Balaban J connectivity index is 1.97. The van der Waals surface area contributed by atoms with E-state index in [9.17, 15) is 8.78 Å². The van der Waals surface area contributed by atoms with Gasteiger partial charge in [0.25, 0.3) is 0 Å². The molecular formula is C13H18F2N4. The molecule has 2 heterocycles. The summed E-state index contributed by atoms with van der Waals surface area (Å²) in [4.78, 5) is 3.96. The largest absolute Gasteiger partial charge is 0.346 e. The van der Waals surface area contributed by atoms with E-state index in [1.807, 2.05) is 23.0 Å². The van der Waals surface area contributed by atoms with Gasteiger partial charge in [-0.25, -0.2) is 4.98 Å². The molecular weight excluding hydrogens is 250 g/mol. The van der Waals surface area contributed by atoms with Crippen LogP contribution in [0.15, 0.2) is 30.9 Å². The fraction of sp³-hybridized carbons (Fsp3) is 0.462. The van der Waals surface area contributed by atoms with E-state index < -0.39 is 6.55 Å². The molecule has 0 spiro atoms. The first-order chi connectivity index (χ1) is 9.20. The van der Waals surface area contributed by atoms with Crippen molar-refractivity contribution < 1.29 is 8.78 Å². The zero-order valence-corrected chi connectivity index (χ0v) is 10.9. The van der Waals surface area contributed by atoms with Gasteiger partial charge in [-0.2, -0.15) is 8.78 Å². The van der Waals surface area contributed by atoms with Crippen LogP contribution in [0.3, 0.4) is 0 Å². The lowest BCUT2D eigenvalue weighted by Gasteiger charge is -2.07. The second-order valence-corrected chi connectivity index (χ2v) is 4.40. The van der Waals surface area contributed by atoms with E-state index in [4.69, 9.17) is 0 Å². The van der Waals surface area contributed by atoms with Crippen molar-refractivity contribution in [2.75, 3.05) is 6.54 Å². The van der Waals surface area contributed by atoms with Crippen LogP contribution in [0.25, 0.3) is 0 Å². The number of imidazole rings is 1. The highest BCUT2D eigenvalue weighted by Gasteiger charge is 2.11. The predicted molar refractivity (Wildman–Crippen MR) is 69.0 cm³/mol. The van der Waals surface area contributed by atoms with Gasteiger partial charge in [0.1, 0.15) is 5.82 Å². The van der Waals surface area contributed by atoms with Gasteiger partial charge in [0.2, 0.25) is 0 Å². The number of rotatable bonds is 7. The summed E-state index contributed by atoms with van der Waals surface area (Å²) < 4.78 is 28.1. The van der Waals surface area contributed by atoms with Crippen molar-refractivity contribution in [3.05, 3.63) is 42.2 Å².